The monoisotopic (exact) mass is 297 g/mol. The second-order valence-electron chi connectivity index (χ2n) is 4.46. The highest BCUT2D eigenvalue weighted by Gasteiger charge is 2.43. The number of rotatable bonds is 1. The average Bonchev–Trinajstić information content (AvgIpc) is 2.47. The molecule has 0 unspecified atom stereocenters. The van der Waals surface area contributed by atoms with Gasteiger partial charge in [0.25, 0.3) is 0 Å². The summed E-state index contributed by atoms with van der Waals surface area (Å²) in [4.78, 5) is 0.433. The molecule has 15 heavy (non-hydrogen) atoms. The van der Waals surface area contributed by atoms with Crippen molar-refractivity contribution in [3.8, 4) is 0 Å². The molecular weight excluding hydrogens is 282 g/mol. The summed E-state index contributed by atoms with van der Waals surface area (Å²) in [5.41, 5.74) is -0.0602. The fourth-order valence-electron chi connectivity index (χ4n) is 2.36. The van der Waals surface area contributed by atoms with Crippen LogP contribution in [0, 0.1) is 0 Å². The molecule has 0 aromatic carbocycles. The SMILES string of the molecule is CS(=O)(=O)N1CCC2(CC1)C[C@H](Br)CO2. The zero-order chi connectivity index (χ0) is 11.1. The smallest absolute Gasteiger partial charge is 0.211 e. The Morgan fingerprint density at radius 1 is 1.40 bits per heavy atom. The van der Waals surface area contributed by atoms with Crippen molar-refractivity contribution in [3.05, 3.63) is 0 Å². The molecule has 88 valence electrons. The van der Waals surface area contributed by atoms with Gasteiger partial charge in [0.15, 0.2) is 0 Å². The van der Waals surface area contributed by atoms with Gasteiger partial charge in [-0.3, -0.25) is 0 Å². The molecule has 6 heteroatoms. The lowest BCUT2D eigenvalue weighted by atomic mass is 9.90. The molecule has 0 radical (unpaired) electrons. The predicted octanol–water partition coefficient (Wildman–Crippen LogP) is 0.964. The number of hydrogen-bond donors (Lipinski definition) is 0. The normalized spacial score (nSPS) is 32.3. The van der Waals surface area contributed by atoms with Gasteiger partial charge in [-0.25, -0.2) is 12.7 Å². The van der Waals surface area contributed by atoms with Crippen LogP contribution in [-0.2, 0) is 14.8 Å². The molecule has 2 heterocycles. The lowest BCUT2D eigenvalue weighted by Gasteiger charge is -2.37. The number of sulfonamides is 1. The fraction of sp³-hybridized carbons (Fsp3) is 1.00. The van der Waals surface area contributed by atoms with Crippen LogP contribution >= 0.6 is 15.9 Å². The zero-order valence-corrected chi connectivity index (χ0v) is 11.2. The van der Waals surface area contributed by atoms with Crippen molar-refractivity contribution in [1.82, 2.24) is 4.31 Å². The van der Waals surface area contributed by atoms with Crippen LogP contribution in [0.3, 0.4) is 0 Å². The van der Waals surface area contributed by atoms with Gasteiger partial charge < -0.3 is 4.74 Å². The second kappa shape index (κ2) is 3.98. The Bertz CT molecular complexity index is 335. The first kappa shape index (κ1) is 11.8. The van der Waals surface area contributed by atoms with E-state index in [9.17, 15) is 8.42 Å². The standard InChI is InChI=1S/C9H16BrNO3S/c1-15(12,13)11-4-2-9(3-5-11)6-8(10)7-14-9/h8H,2-7H2,1H3/t8-/m0/s1. The van der Waals surface area contributed by atoms with Crippen molar-refractivity contribution in [1.29, 1.82) is 0 Å². The van der Waals surface area contributed by atoms with E-state index in [4.69, 9.17) is 4.74 Å². The molecule has 2 aliphatic rings. The van der Waals surface area contributed by atoms with Gasteiger partial charge in [0.05, 0.1) is 18.5 Å². The first-order chi connectivity index (χ1) is 6.91. The Morgan fingerprint density at radius 2 is 2.00 bits per heavy atom. The van der Waals surface area contributed by atoms with Crippen LogP contribution < -0.4 is 0 Å². The Labute approximate surface area is 99.1 Å². The van der Waals surface area contributed by atoms with Crippen molar-refractivity contribution in [2.45, 2.75) is 29.7 Å². The van der Waals surface area contributed by atoms with Gasteiger partial charge in [0, 0.05) is 17.9 Å². The molecular formula is C9H16BrNO3S. The van der Waals surface area contributed by atoms with Crippen LogP contribution in [0.4, 0.5) is 0 Å². The molecule has 2 aliphatic heterocycles. The summed E-state index contributed by atoms with van der Waals surface area (Å²) >= 11 is 3.55. The van der Waals surface area contributed by atoms with Gasteiger partial charge >= 0.3 is 0 Å². The van der Waals surface area contributed by atoms with Crippen molar-refractivity contribution < 1.29 is 13.2 Å². The third-order valence-electron chi connectivity index (χ3n) is 3.27. The summed E-state index contributed by atoms with van der Waals surface area (Å²) in [6.45, 7) is 1.94. The number of halogens is 1. The number of ether oxygens (including phenoxy) is 1. The highest BCUT2D eigenvalue weighted by Crippen LogP contribution is 2.38. The summed E-state index contributed by atoms with van der Waals surface area (Å²) < 4.78 is 30.0. The number of nitrogens with zero attached hydrogens (tertiary/aromatic N) is 1. The van der Waals surface area contributed by atoms with Crippen LogP contribution in [0.1, 0.15) is 19.3 Å². The molecule has 2 saturated heterocycles. The second-order valence-corrected chi connectivity index (χ2v) is 7.73. The molecule has 1 spiro atoms. The first-order valence-corrected chi connectivity index (χ1v) is 7.91. The molecule has 0 aromatic rings. The topological polar surface area (TPSA) is 46.6 Å². The molecule has 2 fully saturated rings. The highest BCUT2D eigenvalue weighted by molar-refractivity contribution is 9.09. The molecule has 0 bridgehead atoms. The molecule has 0 amide bonds. The maximum Gasteiger partial charge on any atom is 0.211 e. The van der Waals surface area contributed by atoms with Crippen LogP contribution in [0.5, 0.6) is 0 Å². The Balaban J connectivity index is 1.98. The summed E-state index contributed by atoms with van der Waals surface area (Å²) in [6, 6.07) is 0. The maximum atomic E-state index is 11.3. The van der Waals surface area contributed by atoms with Crippen molar-refractivity contribution >= 4 is 26.0 Å². The van der Waals surface area contributed by atoms with E-state index in [1.54, 1.807) is 4.31 Å². The van der Waals surface area contributed by atoms with Gasteiger partial charge in [-0.1, -0.05) is 15.9 Å². The number of alkyl halides is 1. The summed E-state index contributed by atoms with van der Waals surface area (Å²) in [5.74, 6) is 0. The third-order valence-corrected chi connectivity index (χ3v) is 5.16. The third kappa shape index (κ3) is 2.54. The maximum absolute atomic E-state index is 11.3. The lowest BCUT2D eigenvalue weighted by molar-refractivity contribution is -0.0307. The number of piperidine rings is 1. The fourth-order valence-corrected chi connectivity index (χ4v) is 3.93. The molecule has 4 nitrogen and oxygen atoms in total. The van der Waals surface area contributed by atoms with Crippen LogP contribution in [0.25, 0.3) is 0 Å². The van der Waals surface area contributed by atoms with Crippen LogP contribution in [0.15, 0.2) is 0 Å². The molecule has 2 rings (SSSR count). The molecule has 0 saturated carbocycles. The summed E-state index contributed by atoms with van der Waals surface area (Å²) in [5, 5.41) is 0. The Kier molecular flexibility index (Phi) is 3.14. The van der Waals surface area contributed by atoms with E-state index in [0.717, 1.165) is 25.9 Å². The van der Waals surface area contributed by atoms with E-state index >= 15 is 0 Å². The minimum absolute atomic E-state index is 0.0602. The van der Waals surface area contributed by atoms with Gasteiger partial charge in [-0.05, 0) is 19.3 Å². The summed E-state index contributed by atoms with van der Waals surface area (Å²) in [6.07, 6.45) is 3.92. The van der Waals surface area contributed by atoms with E-state index < -0.39 is 10.0 Å². The average molecular weight is 298 g/mol. The van der Waals surface area contributed by atoms with E-state index in [2.05, 4.69) is 15.9 Å². The molecule has 0 aliphatic carbocycles. The van der Waals surface area contributed by atoms with Crippen LogP contribution in [0.2, 0.25) is 0 Å². The van der Waals surface area contributed by atoms with E-state index in [1.807, 2.05) is 0 Å². The van der Waals surface area contributed by atoms with Gasteiger partial charge in [0.1, 0.15) is 0 Å². The Hall–Kier alpha value is 0.350. The largest absolute Gasteiger partial charge is 0.374 e. The molecule has 1 atom stereocenters. The zero-order valence-electron chi connectivity index (χ0n) is 8.78. The van der Waals surface area contributed by atoms with Crippen molar-refractivity contribution in [2.24, 2.45) is 0 Å². The van der Waals surface area contributed by atoms with Gasteiger partial charge in [0.2, 0.25) is 10.0 Å². The minimum Gasteiger partial charge on any atom is -0.374 e. The van der Waals surface area contributed by atoms with Crippen molar-refractivity contribution in [2.75, 3.05) is 26.0 Å². The first-order valence-electron chi connectivity index (χ1n) is 5.14. The highest BCUT2D eigenvalue weighted by atomic mass is 79.9. The van der Waals surface area contributed by atoms with E-state index in [1.165, 1.54) is 6.26 Å². The lowest BCUT2D eigenvalue weighted by Crippen LogP contribution is -2.46. The van der Waals surface area contributed by atoms with Gasteiger partial charge in [-0.2, -0.15) is 0 Å². The van der Waals surface area contributed by atoms with Gasteiger partial charge in [-0.15, -0.1) is 0 Å². The van der Waals surface area contributed by atoms with E-state index in [-0.39, 0.29) is 5.60 Å². The summed E-state index contributed by atoms with van der Waals surface area (Å²) in [7, 11) is -3.02. The Morgan fingerprint density at radius 3 is 2.40 bits per heavy atom. The quantitative estimate of drug-likeness (QED) is 0.678. The molecule has 0 N–H and O–H groups in total. The van der Waals surface area contributed by atoms with E-state index in [0.29, 0.717) is 17.9 Å². The molecule has 0 aromatic heterocycles. The van der Waals surface area contributed by atoms with Crippen molar-refractivity contribution in [3.63, 3.8) is 0 Å². The van der Waals surface area contributed by atoms with Crippen LogP contribution in [-0.4, -0.2) is 49.1 Å². The predicted molar refractivity (Wildman–Crippen MR) is 61.7 cm³/mol. The minimum atomic E-state index is -3.02. The number of hydrogen-bond acceptors (Lipinski definition) is 3.